The molecular weight excluding hydrogens is 298 g/mol. The topological polar surface area (TPSA) is 46.6 Å². The third kappa shape index (κ3) is 3.21. The molecule has 1 aliphatic carbocycles. The Morgan fingerprint density at radius 3 is 2.50 bits per heavy atom. The van der Waals surface area contributed by atoms with Crippen LogP contribution in [0.5, 0.6) is 0 Å². The molecular formula is C17H25NO3S. The molecule has 0 amide bonds. The Bertz CT molecular complexity index is 619. The third-order valence-electron chi connectivity index (χ3n) is 4.93. The van der Waals surface area contributed by atoms with Crippen LogP contribution in [0.25, 0.3) is 0 Å². The van der Waals surface area contributed by atoms with E-state index in [1.54, 1.807) is 17.5 Å². The van der Waals surface area contributed by atoms with Gasteiger partial charge in [-0.15, -0.1) is 0 Å². The maximum Gasteiger partial charge on any atom is 0.243 e. The summed E-state index contributed by atoms with van der Waals surface area (Å²) in [4.78, 5) is 0.471. The van der Waals surface area contributed by atoms with E-state index in [-0.39, 0.29) is 0 Å². The van der Waals surface area contributed by atoms with Crippen LogP contribution in [-0.4, -0.2) is 39.5 Å². The normalized spacial score (nSPS) is 20.8. The molecule has 1 aliphatic heterocycles. The van der Waals surface area contributed by atoms with Gasteiger partial charge in [0.05, 0.1) is 4.90 Å². The molecule has 1 heterocycles. The zero-order chi connectivity index (χ0) is 15.6. The molecule has 0 N–H and O–H groups in total. The average Bonchev–Trinajstić information content (AvgIpc) is 2.55. The molecule has 0 radical (unpaired) electrons. The van der Waals surface area contributed by atoms with Crippen molar-refractivity contribution in [2.75, 3.05) is 26.8 Å². The van der Waals surface area contributed by atoms with Crippen LogP contribution in [0.15, 0.2) is 23.1 Å². The van der Waals surface area contributed by atoms with Gasteiger partial charge in [-0.25, -0.2) is 8.42 Å². The molecule has 0 aromatic heterocycles. The molecule has 1 aromatic carbocycles. The first kappa shape index (κ1) is 16.0. The predicted octanol–water partition coefficient (Wildman–Crippen LogP) is 2.61. The molecule has 0 bridgehead atoms. The number of piperidine rings is 1. The summed E-state index contributed by atoms with van der Waals surface area (Å²) < 4.78 is 32.5. The third-order valence-corrected chi connectivity index (χ3v) is 6.83. The second-order valence-corrected chi connectivity index (χ2v) is 8.38. The van der Waals surface area contributed by atoms with Crippen LogP contribution in [0.1, 0.15) is 36.8 Å². The highest BCUT2D eigenvalue weighted by Gasteiger charge is 2.29. The Kier molecular flexibility index (Phi) is 4.85. The number of sulfonamides is 1. The largest absolute Gasteiger partial charge is 0.384 e. The number of hydrogen-bond donors (Lipinski definition) is 0. The smallest absolute Gasteiger partial charge is 0.243 e. The lowest BCUT2D eigenvalue weighted by Crippen LogP contribution is -2.39. The highest BCUT2D eigenvalue weighted by atomic mass is 32.2. The van der Waals surface area contributed by atoms with Crippen molar-refractivity contribution in [2.45, 2.75) is 43.4 Å². The molecule has 22 heavy (non-hydrogen) atoms. The summed E-state index contributed by atoms with van der Waals surface area (Å²) in [5.74, 6) is 0.486. The summed E-state index contributed by atoms with van der Waals surface area (Å²) in [6.07, 6.45) is 6.24. The Labute approximate surface area is 133 Å². The van der Waals surface area contributed by atoms with Crippen molar-refractivity contribution in [3.63, 3.8) is 0 Å². The summed E-state index contributed by atoms with van der Waals surface area (Å²) in [6.45, 7) is 1.94. The Morgan fingerprint density at radius 1 is 1.14 bits per heavy atom. The molecule has 0 saturated carbocycles. The van der Waals surface area contributed by atoms with Crippen LogP contribution in [0, 0.1) is 5.92 Å². The highest BCUT2D eigenvalue weighted by molar-refractivity contribution is 7.89. The number of aryl methyl sites for hydroxylation is 2. The van der Waals surface area contributed by atoms with Gasteiger partial charge in [0.15, 0.2) is 0 Å². The van der Waals surface area contributed by atoms with Gasteiger partial charge in [-0.1, -0.05) is 6.07 Å². The van der Waals surface area contributed by atoms with E-state index in [1.165, 1.54) is 24.0 Å². The van der Waals surface area contributed by atoms with Crippen LogP contribution >= 0.6 is 0 Å². The minimum atomic E-state index is -3.34. The van der Waals surface area contributed by atoms with Crippen LogP contribution < -0.4 is 0 Å². The van der Waals surface area contributed by atoms with Crippen LogP contribution in [0.3, 0.4) is 0 Å². The quantitative estimate of drug-likeness (QED) is 0.856. The minimum absolute atomic E-state index is 0.471. The molecule has 0 atom stereocenters. The number of fused-ring (bicyclic) bond motifs is 1. The van der Waals surface area contributed by atoms with Crippen molar-refractivity contribution in [3.8, 4) is 0 Å². The predicted molar refractivity (Wildman–Crippen MR) is 86.4 cm³/mol. The summed E-state index contributed by atoms with van der Waals surface area (Å²) >= 11 is 0. The molecule has 1 fully saturated rings. The average molecular weight is 323 g/mol. The second-order valence-electron chi connectivity index (χ2n) is 6.44. The van der Waals surface area contributed by atoms with Crippen molar-refractivity contribution < 1.29 is 13.2 Å². The summed E-state index contributed by atoms with van der Waals surface area (Å²) in [5, 5.41) is 0. The van der Waals surface area contributed by atoms with Crippen LogP contribution in [-0.2, 0) is 27.6 Å². The molecule has 122 valence electrons. The molecule has 0 spiro atoms. The van der Waals surface area contributed by atoms with Crippen LogP contribution in [0.2, 0.25) is 0 Å². The maximum atomic E-state index is 12.8. The number of benzene rings is 1. The van der Waals surface area contributed by atoms with Gasteiger partial charge in [0.2, 0.25) is 10.0 Å². The van der Waals surface area contributed by atoms with Crippen molar-refractivity contribution in [1.82, 2.24) is 4.31 Å². The lowest BCUT2D eigenvalue weighted by atomic mass is 9.92. The lowest BCUT2D eigenvalue weighted by molar-refractivity contribution is 0.121. The van der Waals surface area contributed by atoms with E-state index < -0.39 is 10.0 Å². The Balaban J connectivity index is 1.76. The Morgan fingerprint density at radius 2 is 1.82 bits per heavy atom. The SMILES string of the molecule is COCC1CCN(S(=O)(=O)c2ccc3c(c2)CCCC3)CC1. The van der Waals surface area contributed by atoms with Gasteiger partial charge in [-0.3, -0.25) is 0 Å². The Hall–Kier alpha value is -0.910. The number of rotatable bonds is 4. The first-order valence-corrected chi connectivity index (χ1v) is 9.66. The van der Waals surface area contributed by atoms with Crippen molar-refractivity contribution in [1.29, 1.82) is 0 Å². The fraction of sp³-hybridized carbons (Fsp3) is 0.647. The fourth-order valence-electron chi connectivity index (χ4n) is 3.57. The summed E-state index contributed by atoms with van der Waals surface area (Å²) in [5.41, 5.74) is 2.55. The maximum absolute atomic E-state index is 12.8. The van der Waals surface area contributed by atoms with Gasteiger partial charge in [0, 0.05) is 26.8 Å². The van der Waals surface area contributed by atoms with E-state index in [0.29, 0.717) is 23.9 Å². The first-order chi connectivity index (χ1) is 10.6. The fourth-order valence-corrected chi connectivity index (χ4v) is 5.09. The first-order valence-electron chi connectivity index (χ1n) is 8.22. The highest BCUT2D eigenvalue weighted by Crippen LogP contribution is 2.28. The summed E-state index contributed by atoms with van der Waals surface area (Å²) in [6, 6.07) is 5.71. The van der Waals surface area contributed by atoms with E-state index in [0.717, 1.165) is 32.3 Å². The van der Waals surface area contributed by atoms with Gasteiger partial charge < -0.3 is 4.74 Å². The van der Waals surface area contributed by atoms with Crippen molar-refractivity contribution >= 4 is 10.0 Å². The molecule has 3 rings (SSSR count). The van der Waals surface area contributed by atoms with E-state index in [4.69, 9.17) is 4.74 Å². The minimum Gasteiger partial charge on any atom is -0.384 e. The van der Waals surface area contributed by atoms with E-state index in [1.807, 2.05) is 12.1 Å². The second kappa shape index (κ2) is 6.69. The van der Waals surface area contributed by atoms with Gasteiger partial charge in [-0.05, 0) is 67.7 Å². The van der Waals surface area contributed by atoms with Gasteiger partial charge in [0.1, 0.15) is 0 Å². The molecule has 0 unspecified atom stereocenters. The van der Waals surface area contributed by atoms with Gasteiger partial charge in [-0.2, -0.15) is 4.31 Å². The standard InChI is InChI=1S/C17H25NO3S/c1-21-13-14-8-10-18(11-9-14)22(19,20)17-7-6-15-4-2-3-5-16(15)12-17/h6-7,12,14H,2-5,8-11,13H2,1H3. The number of nitrogens with zero attached hydrogens (tertiary/aromatic N) is 1. The summed E-state index contributed by atoms with van der Waals surface area (Å²) in [7, 11) is -1.64. The zero-order valence-corrected chi connectivity index (χ0v) is 14.1. The van der Waals surface area contributed by atoms with Gasteiger partial charge >= 0.3 is 0 Å². The van der Waals surface area contributed by atoms with E-state index in [2.05, 4.69) is 0 Å². The number of ether oxygens (including phenoxy) is 1. The van der Waals surface area contributed by atoms with Crippen LogP contribution in [0.4, 0.5) is 0 Å². The number of hydrogen-bond acceptors (Lipinski definition) is 3. The van der Waals surface area contributed by atoms with Gasteiger partial charge in [0.25, 0.3) is 0 Å². The van der Waals surface area contributed by atoms with E-state index in [9.17, 15) is 8.42 Å². The molecule has 4 nitrogen and oxygen atoms in total. The zero-order valence-electron chi connectivity index (χ0n) is 13.3. The molecule has 2 aliphatic rings. The number of methoxy groups -OCH3 is 1. The van der Waals surface area contributed by atoms with Crippen molar-refractivity contribution in [2.24, 2.45) is 5.92 Å². The molecule has 1 aromatic rings. The molecule has 5 heteroatoms. The monoisotopic (exact) mass is 323 g/mol. The van der Waals surface area contributed by atoms with Crippen molar-refractivity contribution in [3.05, 3.63) is 29.3 Å². The lowest BCUT2D eigenvalue weighted by Gasteiger charge is -2.31. The molecule has 1 saturated heterocycles. The van der Waals surface area contributed by atoms with E-state index >= 15 is 0 Å².